The number of imide groups is 1. The topological polar surface area (TPSA) is 159 Å². The second-order valence-electron chi connectivity index (χ2n) is 14.9. The summed E-state index contributed by atoms with van der Waals surface area (Å²) in [5.41, 5.74) is 3.48. The van der Waals surface area contributed by atoms with E-state index in [-0.39, 0.29) is 23.3 Å². The first-order valence-corrected chi connectivity index (χ1v) is 22.3. The van der Waals surface area contributed by atoms with Gasteiger partial charge < -0.3 is 5.32 Å². The quantitative estimate of drug-likeness (QED) is 0.0982. The molecule has 5 amide bonds. The molecular weight excluding hydrogens is 881 g/mol. The number of hydrogen-bond donors (Lipinski definition) is 3. The van der Waals surface area contributed by atoms with Gasteiger partial charge >= 0.3 is 262 Å². The van der Waals surface area contributed by atoms with E-state index in [1.54, 1.807) is 11.0 Å². The maximum atomic E-state index is 13.6. The number of thiazole rings is 1. The zero-order valence-electron chi connectivity index (χ0n) is 31.8. The average molecular weight is 925 g/mol. The molecule has 4 fully saturated rings. The Morgan fingerprint density at radius 2 is 1.65 bits per heavy atom. The fourth-order valence-corrected chi connectivity index (χ4v) is 11.0. The molecule has 2 aromatic heterocycles. The summed E-state index contributed by atoms with van der Waals surface area (Å²) in [6.45, 7) is 10.7. The summed E-state index contributed by atoms with van der Waals surface area (Å²) in [5, 5.41) is 9.56. The number of aromatic nitrogens is 3. The molecule has 1 spiro atoms. The number of hydrogen-bond acceptors (Lipinski definition) is 12. The number of para-hydroxylation sites is 1. The molecule has 0 radical (unpaired) electrons. The van der Waals surface area contributed by atoms with E-state index >= 15 is 0 Å². The molecule has 4 aliphatic rings. The van der Waals surface area contributed by atoms with Crippen molar-refractivity contribution in [2.75, 3.05) is 84.2 Å². The Kier molecular flexibility index (Phi) is 11.5. The molecule has 0 saturated carbocycles. The molecular formula is C39H44ClIN11O4S-. The van der Waals surface area contributed by atoms with Gasteiger partial charge in [0.2, 0.25) is 5.91 Å². The first-order chi connectivity index (χ1) is 27.5. The Hall–Kier alpha value is -4.59. The van der Waals surface area contributed by atoms with E-state index in [2.05, 4.69) is 49.8 Å². The molecule has 4 aliphatic heterocycles. The van der Waals surface area contributed by atoms with Gasteiger partial charge in [0.25, 0.3) is 0 Å². The minimum absolute atomic E-state index is 0.151. The number of piperidine rings is 1. The fraction of sp³-hybridized carbons (Fsp3) is 0.410. The van der Waals surface area contributed by atoms with Crippen molar-refractivity contribution < 1.29 is 40.7 Å². The fourth-order valence-electron chi connectivity index (χ4n) is 7.84. The number of piperazine rings is 1. The van der Waals surface area contributed by atoms with Crippen LogP contribution in [0.25, 0.3) is 0 Å². The number of aryl methyl sites for hydroxylation is 2. The maximum absolute atomic E-state index is 13.6. The van der Waals surface area contributed by atoms with Crippen LogP contribution in [0.2, 0.25) is 5.02 Å². The van der Waals surface area contributed by atoms with Gasteiger partial charge in [-0.05, 0) is 18.6 Å². The van der Waals surface area contributed by atoms with E-state index in [1.165, 1.54) is 17.5 Å². The third kappa shape index (κ3) is 8.95. The summed E-state index contributed by atoms with van der Waals surface area (Å²) in [6, 6.07) is 15.0. The molecule has 8 rings (SSSR count). The van der Waals surface area contributed by atoms with E-state index in [1.807, 2.05) is 50.2 Å². The third-order valence-electron chi connectivity index (χ3n) is 11.1. The van der Waals surface area contributed by atoms with Gasteiger partial charge in [0.05, 0.1) is 10.7 Å². The Morgan fingerprint density at radius 3 is 2.42 bits per heavy atom. The van der Waals surface area contributed by atoms with Crippen LogP contribution in [0.4, 0.5) is 43.4 Å². The van der Waals surface area contributed by atoms with E-state index < -0.39 is 21.5 Å². The number of carbonyl (C=O) groups is 4. The number of amides is 5. The van der Waals surface area contributed by atoms with Gasteiger partial charge in [-0.3, -0.25) is 14.9 Å². The van der Waals surface area contributed by atoms with Crippen molar-refractivity contribution in [3.63, 3.8) is 0 Å². The van der Waals surface area contributed by atoms with Crippen molar-refractivity contribution in [1.29, 1.82) is 0 Å². The van der Waals surface area contributed by atoms with Gasteiger partial charge in [0, 0.05) is 6.42 Å². The summed E-state index contributed by atoms with van der Waals surface area (Å²) in [5.74, 6) is 1.51. The Labute approximate surface area is 350 Å². The molecule has 57 heavy (non-hydrogen) atoms. The summed E-state index contributed by atoms with van der Waals surface area (Å²) >= 11 is 6.73. The first-order valence-electron chi connectivity index (χ1n) is 19.1. The number of halogens is 2. The van der Waals surface area contributed by atoms with E-state index in [0.717, 1.165) is 94.4 Å². The van der Waals surface area contributed by atoms with Gasteiger partial charge in [-0.1, -0.05) is 23.7 Å². The van der Waals surface area contributed by atoms with Crippen molar-refractivity contribution in [3.05, 3.63) is 76.0 Å². The van der Waals surface area contributed by atoms with Crippen molar-refractivity contribution in [2.45, 2.75) is 39.5 Å². The molecule has 15 nitrogen and oxygen atoms in total. The number of anilines is 6. The van der Waals surface area contributed by atoms with Crippen molar-refractivity contribution >= 4 is 78.5 Å². The zero-order chi connectivity index (χ0) is 39.7. The summed E-state index contributed by atoms with van der Waals surface area (Å²) in [7, 11) is 0. The van der Waals surface area contributed by atoms with Gasteiger partial charge in [0.1, 0.15) is 0 Å². The minimum atomic E-state index is -0.802. The van der Waals surface area contributed by atoms with Crippen LogP contribution in [0, 0.1) is 19.3 Å². The second kappa shape index (κ2) is 16.7. The van der Waals surface area contributed by atoms with Crippen LogP contribution in [0.15, 0.2) is 54.7 Å². The SMILES string of the molecule is Cc1nc(Nc2ncc(C(=O)Nc3c(C)cccc3Cl)s2)cc(N2CCN([I-]C(=O)N3CCC4(CCN(c5cccc(N6CCC(=O)NC6=O)c5)CC4)C3)CC2)n1. The molecule has 0 atom stereocenters. The summed E-state index contributed by atoms with van der Waals surface area (Å²) < 4.78 is 2.64. The van der Waals surface area contributed by atoms with E-state index in [9.17, 15) is 19.2 Å². The molecule has 3 N–H and O–H groups in total. The molecule has 0 aliphatic carbocycles. The standard InChI is InChI=1S/C39H44ClIN11O4S/c1-25-5-3-8-29(40)34(25)47-35(54)30-23-42-37(57-30)45-31-22-32(44-26(2)43-31)49-17-19-51(20-18-49)41-36(55)50-16-12-39(24-50)10-14-48(15-11-39)27-6-4-7-28(21-27)52-13-9-33(53)46-38(52)56/h3-8,21-23H,9-20,24H2,1-2H3,(H,47,54)(H,46,53,56)(H,42,43,44,45)/q-1. The van der Waals surface area contributed by atoms with Crippen LogP contribution in [0.3, 0.4) is 0 Å². The first kappa shape index (κ1) is 39.2. The molecule has 0 bridgehead atoms. The van der Waals surface area contributed by atoms with Crippen LogP contribution >= 0.6 is 22.9 Å². The molecule has 18 heteroatoms. The second-order valence-corrected chi connectivity index (χ2v) is 19.1. The number of nitrogens with one attached hydrogen (secondary N) is 3. The van der Waals surface area contributed by atoms with Crippen LogP contribution in [-0.4, -0.2) is 104 Å². The predicted octanol–water partition coefficient (Wildman–Crippen LogP) is 2.88. The zero-order valence-corrected chi connectivity index (χ0v) is 35.5. The van der Waals surface area contributed by atoms with E-state index in [0.29, 0.717) is 49.2 Å². The number of likely N-dealkylation sites (tertiary alicyclic amines) is 1. The molecule has 300 valence electrons. The number of benzene rings is 2. The Bertz CT molecular complexity index is 2170. The van der Waals surface area contributed by atoms with Gasteiger partial charge in [-0.2, -0.15) is 0 Å². The predicted molar refractivity (Wildman–Crippen MR) is 218 cm³/mol. The van der Waals surface area contributed by atoms with Crippen LogP contribution in [0.5, 0.6) is 0 Å². The van der Waals surface area contributed by atoms with Crippen molar-refractivity contribution in [1.82, 2.24) is 28.3 Å². The van der Waals surface area contributed by atoms with Gasteiger partial charge in [-0.15, -0.1) is 0 Å². The van der Waals surface area contributed by atoms with Crippen LogP contribution in [-0.2, 0) is 4.79 Å². The molecule has 4 aromatic rings. The monoisotopic (exact) mass is 924 g/mol. The molecule has 6 heterocycles. The normalized spacial score (nSPS) is 18.6. The number of urea groups is 1. The molecule has 0 unspecified atom stereocenters. The van der Waals surface area contributed by atoms with Crippen molar-refractivity contribution in [3.8, 4) is 0 Å². The number of carbonyl (C=O) groups excluding carboxylic acids is 4. The number of nitrogens with zero attached hydrogens (tertiary/aromatic N) is 8. The Balaban J connectivity index is 0.801. The van der Waals surface area contributed by atoms with Gasteiger partial charge in [-0.25, -0.2) is 4.79 Å². The summed E-state index contributed by atoms with van der Waals surface area (Å²) in [6.07, 6.45) is 4.91. The summed E-state index contributed by atoms with van der Waals surface area (Å²) in [4.78, 5) is 73.1. The number of rotatable bonds is 9. The van der Waals surface area contributed by atoms with Crippen LogP contribution in [0.1, 0.15) is 46.7 Å². The van der Waals surface area contributed by atoms with Crippen molar-refractivity contribution in [2.24, 2.45) is 5.41 Å². The third-order valence-corrected chi connectivity index (χ3v) is 15.0. The molecule has 4 saturated heterocycles. The Morgan fingerprint density at radius 1 is 0.895 bits per heavy atom. The average Bonchev–Trinajstić information content (AvgIpc) is 3.84. The van der Waals surface area contributed by atoms with Crippen LogP contribution < -0.4 is 52.1 Å². The molecule has 2 aromatic carbocycles. The van der Waals surface area contributed by atoms with E-state index in [4.69, 9.17) is 16.6 Å². The van der Waals surface area contributed by atoms with Gasteiger partial charge in [0.15, 0.2) is 0 Å².